The predicted octanol–water partition coefficient (Wildman–Crippen LogP) is 0.646. The summed E-state index contributed by atoms with van der Waals surface area (Å²) in [5, 5.41) is 16.8. The van der Waals surface area contributed by atoms with Crippen molar-refractivity contribution in [2.45, 2.75) is 13.3 Å². The highest BCUT2D eigenvalue weighted by atomic mass is 16.4. The van der Waals surface area contributed by atoms with Gasteiger partial charge in [-0.2, -0.15) is 0 Å². The molecule has 0 saturated heterocycles. The summed E-state index contributed by atoms with van der Waals surface area (Å²) >= 11 is 0. The van der Waals surface area contributed by atoms with Gasteiger partial charge in [0.25, 0.3) is 0 Å². The molecule has 0 saturated carbocycles. The molecule has 0 spiro atoms. The number of rotatable bonds is 4. The molecule has 0 aliphatic heterocycles. The van der Waals surface area contributed by atoms with Crippen molar-refractivity contribution < 1.29 is 15.0 Å². The third kappa shape index (κ3) is 2.64. The van der Waals surface area contributed by atoms with Crippen molar-refractivity contribution in [3.05, 3.63) is 12.2 Å². The van der Waals surface area contributed by atoms with Gasteiger partial charge in [0.05, 0.1) is 0 Å². The summed E-state index contributed by atoms with van der Waals surface area (Å²) < 4.78 is 0. The molecule has 0 aromatic rings. The quantitative estimate of drug-likeness (QED) is 0.569. The van der Waals surface area contributed by atoms with Gasteiger partial charge in [0.1, 0.15) is 0 Å². The van der Waals surface area contributed by atoms with Crippen LogP contribution in [0.15, 0.2) is 12.2 Å². The largest absolute Gasteiger partial charge is 0.478 e. The lowest BCUT2D eigenvalue weighted by atomic mass is 10.00. The Labute approximate surface area is 60.0 Å². The molecule has 1 unspecified atom stereocenters. The van der Waals surface area contributed by atoms with E-state index in [0.29, 0.717) is 6.42 Å². The number of carboxylic acids is 1. The van der Waals surface area contributed by atoms with E-state index in [4.69, 9.17) is 10.2 Å². The van der Waals surface area contributed by atoms with Crippen molar-refractivity contribution in [3.63, 3.8) is 0 Å². The van der Waals surface area contributed by atoms with Crippen LogP contribution in [0.1, 0.15) is 13.3 Å². The zero-order valence-electron chi connectivity index (χ0n) is 6.00. The molecule has 0 aromatic heterocycles. The van der Waals surface area contributed by atoms with Gasteiger partial charge in [-0.3, -0.25) is 0 Å². The average molecular weight is 144 g/mol. The number of aliphatic hydroxyl groups is 1. The molecule has 10 heavy (non-hydrogen) atoms. The van der Waals surface area contributed by atoms with Crippen molar-refractivity contribution in [3.8, 4) is 0 Å². The summed E-state index contributed by atoms with van der Waals surface area (Å²) in [6.07, 6.45) is 0.463. The van der Waals surface area contributed by atoms with Gasteiger partial charge in [-0.1, -0.05) is 13.5 Å². The Kier molecular flexibility index (Phi) is 3.72. The molecule has 0 aromatic carbocycles. The predicted molar refractivity (Wildman–Crippen MR) is 37.6 cm³/mol. The van der Waals surface area contributed by atoms with Gasteiger partial charge in [0.15, 0.2) is 0 Å². The molecule has 0 amide bonds. The number of aliphatic hydroxyl groups excluding tert-OH is 1. The van der Waals surface area contributed by atoms with Crippen molar-refractivity contribution in [1.29, 1.82) is 0 Å². The first kappa shape index (κ1) is 9.17. The number of aliphatic carboxylic acids is 1. The third-order valence-electron chi connectivity index (χ3n) is 1.43. The molecule has 0 aliphatic carbocycles. The topological polar surface area (TPSA) is 57.5 Å². The summed E-state index contributed by atoms with van der Waals surface area (Å²) in [5.74, 6) is -1.12. The molecule has 3 nitrogen and oxygen atoms in total. The van der Waals surface area contributed by atoms with Crippen LogP contribution in [-0.4, -0.2) is 22.8 Å². The van der Waals surface area contributed by atoms with Crippen LogP contribution < -0.4 is 0 Å². The Morgan fingerprint density at radius 3 is 2.50 bits per heavy atom. The summed E-state index contributed by atoms with van der Waals surface area (Å²) in [6, 6.07) is 0. The molecule has 0 fully saturated rings. The smallest absolute Gasteiger partial charge is 0.331 e. The summed E-state index contributed by atoms with van der Waals surface area (Å²) in [7, 11) is 0. The second-order valence-electron chi connectivity index (χ2n) is 2.24. The van der Waals surface area contributed by atoms with E-state index in [1.54, 1.807) is 6.92 Å². The van der Waals surface area contributed by atoms with Gasteiger partial charge in [-0.25, -0.2) is 4.79 Å². The van der Waals surface area contributed by atoms with Crippen LogP contribution in [0.2, 0.25) is 0 Å². The minimum Gasteiger partial charge on any atom is -0.478 e. The maximum Gasteiger partial charge on any atom is 0.331 e. The Bertz CT molecular complexity index is 140. The summed E-state index contributed by atoms with van der Waals surface area (Å²) in [4.78, 5) is 10.2. The van der Waals surface area contributed by atoms with E-state index in [0.717, 1.165) is 0 Å². The zero-order chi connectivity index (χ0) is 8.15. The van der Waals surface area contributed by atoms with Crippen LogP contribution in [0.25, 0.3) is 0 Å². The van der Waals surface area contributed by atoms with Gasteiger partial charge < -0.3 is 10.2 Å². The number of hydrogen-bond acceptors (Lipinski definition) is 2. The minimum atomic E-state index is -0.985. The van der Waals surface area contributed by atoms with Crippen molar-refractivity contribution in [2.24, 2.45) is 5.92 Å². The fraction of sp³-hybridized carbons (Fsp3) is 0.571. The molecular weight excluding hydrogens is 132 g/mol. The standard InChI is InChI=1S/C7H12O3/c1-5(3-4-8)6(2)7(9)10/h5,8H,2-4H2,1H3,(H,9,10). The van der Waals surface area contributed by atoms with E-state index in [9.17, 15) is 4.79 Å². The second kappa shape index (κ2) is 4.06. The first-order chi connectivity index (χ1) is 4.59. The first-order valence-electron chi connectivity index (χ1n) is 3.12. The molecule has 0 aliphatic rings. The fourth-order valence-corrected chi connectivity index (χ4v) is 0.579. The second-order valence-corrected chi connectivity index (χ2v) is 2.24. The Hall–Kier alpha value is -0.830. The van der Waals surface area contributed by atoms with Crippen LogP contribution in [-0.2, 0) is 4.79 Å². The van der Waals surface area contributed by atoms with Crippen LogP contribution in [0.3, 0.4) is 0 Å². The molecule has 0 radical (unpaired) electrons. The summed E-state index contributed by atoms with van der Waals surface area (Å²) in [6.45, 7) is 5.10. The van der Waals surface area contributed by atoms with Crippen molar-refractivity contribution >= 4 is 5.97 Å². The van der Waals surface area contributed by atoms with Crippen molar-refractivity contribution in [2.75, 3.05) is 6.61 Å². The molecular formula is C7H12O3. The van der Waals surface area contributed by atoms with E-state index >= 15 is 0 Å². The molecule has 1 atom stereocenters. The molecule has 0 bridgehead atoms. The first-order valence-corrected chi connectivity index (χ1v) is 3.12. The lowest BCUT2D eigenvalue weighted by Crippen LogP contribution is -2.09. The molecule has 58 valence electrons. The monoisotopic (exact) mass is 144 g/mol. The summed E-state index contributed by atoms with van der Waals surface area (Å²) in [5.41, 5.74) is 0.161. The highest BCUT2D eigenvalue weighted by molar-refractivity contribution is 5.86. The highest BCUT2D eigenvalue weighted by Gasteiger charge is 2.11. The van der Waals surface area contributed by atoms with E-state index < -0.39 is 5.97 Å². The normalized spacial score (nSPS) is 12.6. The van der Waals surface area contributed by atoms with Crippen LogP contribution >= 0.6 is 0 Å². The molecule has 3 heteroatoms. The Morgan fingerprint density at radius 1 is 1.70 bits per heavy atom. The molecule has 0 rings (SSSR count). The van der Waals surface area contributed by atoms with Crippen LogP contribution in [0.4, 0.5) is 0 Å². The Morgan fingerprint density at radius 2 is 2.20 bits per heavy atom. The van der Waals surface area contributed by atoms with Crippen LogP contribution in [0, 0.1) is 5.92 Å². The average Bonchev–Trinajstić information content (AvgIpc) is 1.87. The van der Waals surface area contributed by atoms with E-state index in [1.807, 2.05) is 0 Å². The zero-order valence-corrected chi connectivity index (χ0v) is 6.00. The van der Waals surface area contributed by atoms with Gasteiger partial charge in [0, 0.05) is 12.2 Å². The van der Waals surface area contributed by atoms with E-state index in [1.165, 1.54) is 0 Å². The Balaban J connectivity index is 3.82. The fourth-order valence-electron chi connectivity index (χ4n) is 0.579. The van der Waals surface area contributed by atoms with Crippen LogP contribution in [0.5, 0.6) is 0 Å². The lowest BCUT2D eigenvalue weighted by molar-refractivity contribution is -0.133. The maximum atomic E-state index is 10.2. The minimum absolute atomic E-state index is 0.00741. The molecule has 0 heterocycles. The SMILES string of the molecule is C=C(C(=O)O)C(C)CCO. The van der Waals surface area contributed by atoms with Gasteiger partial charge in [-0.05, 0) is 12.3 Å². The lowest BCUT2D eigenvalue weighted by Gasteiger charge is -2.07. The van der Waals surface area contributed by atoms with E-state index in [-0.39, 0.29) is 18.1 Å². The molecule has 2 N–H and O–H groups in total. The van der Waals surface area contributed by atoms with Gasteiger partial charge in [0.2, 0.25) is 0 Å². The van der Waals surface area contributed by atoms with Gasteiger partial charge in [-0.15, -0.1) is 0 Å². The van der Waals surface area contributed by atoms with E-state index in [2.05, 4.69) is 6.58 Å². The number of carbonyl (C=O) groups is 1. The number of hydrogen-bond donors (Lipinski definition) is 2. The number of carboxylic acid groups (broad SMARTS) is 1. The van der Waals surface area contributed by atoms with Gasteiger partial charge >= 0.3 is 5.97 Å². The highest BCUT2D eigenvalue weighted by Crippen LogP contribution is 2.11. The third-order valence-corrected chi connectivity index (χ3v) is 1.43. The maximum absolute atomic E-state index is 10.2. The van der Waals surface area contributed by atoms with Crippen molar-refractivity contribution in [1.82, 2.24) is 0 Å².